The van der Waals surface area contributed by atoms with Crippen molar-refractivity contribution in [1.82, 2.24) is 0 Å². The molecule has 0 bridgehead atoms. The van der Waals surface area contributed by atoms with Gasteiger partial charge in [-0.1, -0.05) is 57.8 Å². The van der Waals surface area contributed by atoms with E-state index >= 15 is 0 Å². The molecule has 3 rings (SSSR count). The second-order valence-electron chi connectivity index (χ2n) is 14.9. The fourth-order valence-corrected chi connectivity index (χ4v) is 6.72. The molecule has 3 saturated carbocycles. The second kappa shape index (κ2) is 36.1. The number of hydrogen-bond acceptors (Lipinski definition) is 20. The normalized spacial score (nSPS) is 18.9. The van der Waals surface area contributed by atoms with E-state index in [9.17, 15) is 59.4 Å². The van der Waals surface area contributed by atoms with Crippen molar-refractivity contribution in [3.8, 4) is 0 Å². The number of carboxylic acid groups (broad SMARTS) is 6. The van der Waals surface area contributed by atoms with E-state index < -0.39 is 72.7 Å². The van der Waals surface area contributed by atoms with Crippen LogP contribution in [0.1, 0.15) is 109 Å². The molecule has 0 spiro atoms. The zero-order chi connectivity index (χ0) is 43.5. The van der Waals surface area contributed by atoms with E-state index in [-0.39, 0.29) is 63.2 Å². The van der Waals surface area contributed by atoms with Gasteiger partial charge in [0.1, 0.15) is 12.2 Å². The minimum Gasteiger partial charge on any atom is -0.550 e. The van der Waals surface area contributed by atoms with Gasteiger partial charge in [0.05, 0.1) is 11.9 Å². The van der Waals surface area contributed by atoms with Crippen LogP contribution in [0.3, 0.4) is 0 Å². The van der Waals surface area contributed by atoms with Crippen LogP contribution in [0, 0.1) is 28.1 Å². The first-order chi connectivity index (χ1) is 26.2. The molecule has 23 heteroatoms. The first-order valence-corrected chi connectivity index (χ1v) is 19.0. The van der Waals surface area contributed by atoms with Gasteiger partial charge in [0, 0.05) is 35.7 Å². The van der Waals surface area contributed by atoms with Crippen LogP contribution in [-0.4, -0.2) is 97.5 Å². The fraction of sp³-hybridized carbons (Fsp3) is 0.833. The molecule has 3 aliphatic rings. The van der Waals surface area contributed by atoms with E-state index in [1.807, 2.05) is 0 Å². The number of hydrogen-bond donors (Lipinski definition) is 8. The molecule has 3 fully saturated rings. The summed E-state index contributed by atoms with van der Waals surface area (Å²) in [5, 5.41) is 77.3. The first kappa shape index (κ1) is 66.7. The van der Waals surface area contributed by atoms with Gasteiger partial charge >= 0.3 is 63.2 Å². The van der Waals surface area contributed by atoms with Gasteiger partial charge in [0.15, 0.2) is 0 Å². The number of aliphatic carboxylic acids is 6. The summed E-state index contributed by atoms with van der Waals surface area (Å²) in [5.41, 5.74) is 35.0. The summed E-state index contributed by atoms with van der Waals surface area (Å²) in [7, 11) is 0. The largest absolute Gasteiger partial charge is 2.00 e. The Morgan fingerprint density at radius 1 is 0.390 bits per heavy atom. The second-order valence-corrected chi connectivity index (χ2v) is 14.9. The van der Waals surface area contributed by atoms with E-state index in [4.69, 9.17) is 44.6 Å². The summed E-state index contributed by atoms with van der Waals surface area (Å²) in [5.74, 6) is -15.8. The quantitative estimate of drug-likeness (QED) is 0.0711. The molecule has 20 nitrogen and oxygen atoms in total. The van der Waals surface area contributed by atoms with Gasteiger partial charge in [-0.3, -0.25) is 0 Å². The van der Waals surface area contributed by atoms with Crippen molar-refractivity contribution in [3.05, 3.63) is 0 Å². The van der Waals surface area contributed by atoms with Gasteiger partial charge < -0.3 is 104 Å². The Morgan fingerprint density at radius 3 is 0.678 bits per heavy atom. The van der Waals surface area contributed by atoms with E-state index in [1.165, 1.54) is 96.3 Å². The molecule has 59 heavy (non-hydrogen) atoms. The van der Waals surface area contributed by atoms with Crippen LogP contribution < -0.4 is 65.0 Å². The molecule has 0 heterocycles. The van der Waals surface area contributed by atoms with E-state index in [0.717, 1.165) is 39.3 Å². The number of carbonyl (C=O) groups excluding carboxylic acids is 6. The standard InChI is InChI=1S/3C8H18N2.2C6H8O7.3Pt/c3*9-6-8(7-10)4-2-1-3-5-8;2*7-3(8)1-2(5(10)11)4(9)6(12)13;;;/h3*1-7,9-10H2;2*2,4,9H,1H2,(H,7,8)(H,10,11)(H,12,13);;;/q;;;;;3*+2/p-6. The van der Waals surface area contributed by atoms with Gasteiger partial charge in [0.2, 0.25) is 0 Å². The summed E-state index contributed by atoms with van der Waals surface area (Å²) in [6.45, 7) is 4.69. The maximum atomic E-state index is 10.1. The maximum absolute atomic E-state index is 10.1. The van der Waals surface area contributed by atoms with E-state index in [1.54, 1.807) is 0 Å². The molecule has 14 N–H and O–H groups in total. The Bertz CT molecular complexity index is 1060. The van der Waals surface area contributed by atoms with Gasteiger partial charge in [-0.2, -0.15) is 0 Å². The number of rotatable bonds is 16. The minimum absolute atomic E-state index is 0. The van der Waals surface area contributed by atoms with Crippen LogP contribution in [0.2, 0.25) is 0 Å². The molecule has 0 aromatic carbocycles. The van der Waals surface area contributed by atoms with Crippen molar-refractivity contribution in [2.75, 3.05) is 39.3 Å². The number of nitrogens with two attached hydrogens (primary N) is 6. The summed E-state index contributed by atoms with van der Waals surface area (Å²) >= 11 is 0. The molecular formula is C36H64N6O14Pt3. The smallest absolute Gasteiger partial charge is 0.550 e. The molecule has 4 unspecified atom stereocenters. The van der Waals surface area contributed by atoms with Crippen LogP contribution in [0.5, 0.6) is 0 Å². The molecule has 0 radical (unpaired) electrons. The number of aliphatic hydroxyl groups excluding tert-OH is 2. The predicted molar refractivity (Wildman–Crippen MR) is 189 cm³/mol. The SMILES string of the molecule is NCC1(CN)CCCCC1.NCC1(CN)CCCCC1.NCC1(CN)CCCCC1.O=C([O-])CC(C(=O)[O-])C(O)C(=O)[O-].O=C([O-])CC(C(=O)[O-])C(O)C(=O)[O-].[Pt+2].[Pt+2].[Pt+2]. The Hall–Kier alpha value is -1.44. The summed E-state index contributed by atoms with van der Waals surface area (Å²) in [4.78, 5) is 60.0. The first-order valence-electron chi connectivity index (χ1n) is 19.0. The van der Waals surface area contributed by atoms with Gasteiger partial charge in [-0.25, -0.2) is 0 Å². The average molecular weight is 1390 g/mol. The number of carbonyl (C=O) groups is 6. The Balaban J connectivity index is -0.000000204. The third-order valence-corrected chi connectivity index (χ3v) is 11.0. The van der Waals surface area contributed by atoms with Crippen LogP contribution in [-0.2, 0) is 92.0 Å². The van der Waals surface area contributed by atoms with Gasteiger partial charge in [0.25, 0.3) is 0 Å². The average Bonchev–Trinajstić information content (AvgIpc) is 3.19. The zero-order valence-electron chi connectivity index (χ0n) is 33.3. The molecule has 4 atom stereocenters. The van der Waals surface area contributed by atoms with Crippen LogP contribution in [0.15, 0.2) is 0 Å². The number of aliphatic hydroxyl groups is 2. The Morgan fingerprint density at radius 2 is 0.576 bits per heavy atom. The maximum Gasteiger partial charge on any atom is 2.00 e. The van der Waals surface area contributed by atoms with Crippen molar-refractivity contribution in [2.24, 2.45) is 62.5 Å². The molecule has 0 aromatic heterocycles. The Labute approximate surface area is 389 Å². The Kier molecular flexibility index (Phi) is 40.8. The topological polar surface area (TPSA) is 437 Å². The minimum atomic E-state index is -2.41. The molecule has 352 valence electrons. The molecular weight excluding hydrogens is 1330 g/mol. The van der Waals surface area contributed by atoms with Crippen molar-refractivity contribution in [3.63, 3.8) is 0 Å². The van der Waals surface area contributed by atoms with Gasteiger partial charge in [-0.05, 0) is 107 Å². The molecule has 0 amide bonds. The van der Waals surface area contributed by atoms with E-state index in [0.29, 0.717) is 16.2 Å². The summed E-state index contributed by atoms with van der Waals surface area (Å²) in [6.07, 6.45) is 12.5. The zero-order valence-corrected chi connectivity index (χ0v) is 40.1. The summed E-state index contributed by atoms with van der Waals surface area (Å²) < 4.78 is 0. The van der Waals surface area contributed by atoms with Crippen LogP contribution >= 0.6 is 0 Å². The van der Waals surface area contributed by atoms with Gasteiger partial charge in [-0.15, -0.1) is 0 Å². The number of carboxylic acids is 6. The molecule has 0 aliphatic heterocycles. The van der Waals surface area contributed by atoms with Crippen molar-refractivity contribution < 1.29 is 133 Å². The van der Waals surface area contributed by atoms with Crippen molar-refractivity contribution >= 4 is 35.8 Å². The van der Waals surface area contributed by atoms with Crippen LogP contribution in [0.4, 0.5) is 0 Å². The predicted octanol–water partition coefficient (Wildman–Crippen LogP) is -8.24. The summed E-state index contributed by atoms with van der Waals surface area (Å²) in [6, 6.07) is 0. The van der Waals surface area contributed by atoms with Crippen molar-refractivity contribution in [2.45, 2.75) is 121 Å². The molecule has 0 saturated heterocycles. The molecule has 0 aromatic rings. The third kappa shape index (κ3) is 27.3. The van der Waals surface area contributed by atoms with Crippen molar-refractivity contribution in [1.29, 1.82) is 0 Å². The van der Waals surface area contributed by atoms with E-state index in [2.05, 4.69) is 0 Å². The fourth-order valence-electron chi connectivity index (χ4n) is 6.72. The molecule has 3 aliphatic carbocycles. The van der Waals surface area contributed by atoms with Crippen LogP contribution in [0.25, 0.3) is 0 Å². The third-order valence-electron chi connectivity index (χ3n) is 11.0. The monoisotopic (exact) mass is 1390 g/mol.